The smallest absolute Gasteiger partial charge is 0.269 e. The second kappa shape index (κ2) is 8.09. The molecule has 0 saturated carbocycles. The van der Waals surface area contributed by atoms with Crippen molar-refractivity contribution in [1.29, 1.82) is 0 Å². The maximum Gasteiger partial charge on any atom is 0.269 e. The van der Waals surface area contributed by atoms with Gasteiger partial charge in [0.25, 0.3) is 17.5 Å². The number of carbonyl (C=O) groups is 2. The average molecular weight is 376 g/mol. The number of rotatable bonds is 5. The molecule has 140 valence electrons. The highest BCUT2D eigenvalue weighted by Gasteiger charge is 2.13. The van der Waals surface area contributed by atoms with Crippen molar-refractivity contribution in [1.82, 2.24) is 4.98 Å². The van der Waals surface area contributed by atoms with Gasteiger partial charge < -0.3 is 10.6 Å². The van der Waals surface area contributed by atoms with Crippen LogP contribution in [-0.2, 0) is 0 Å². The molecule has 2 N–H and O–H groups in total. The van der Waals surface area contributed by atoms with Crippen LogP contribution in [0.4, 0.5) is 17.2 Å². The summed E-state index contributed by atoms with van der Waals surface area (Å²) >= 11 is 0. The molecule has 3 aromatic rings. The fourth-order valence-electron chi connectivity index (χ4n) is 2.45. The van der Waals surface area contributed by atoms with Gasteiger partial charge in [0.15, 0.2) is 0 Å². The molecule has 8 heteroatoms. The first-order valence-electron chi connectivity index (χ1n) is 8.33. The van der Waals surface area contributed by atoms with Gasteiger partial charge in [-0.3, -0.25) is 19.7 Å². The van der Waals surface area contributed by atoms with E-state index in [-0.39, 0.29) is 17.2 Å². The van der Waals surface area contributed by atoms with Crippen LogP contribution in [0, 0.1) is 17.0 Å². The number of aryl methyl sites for hydroxylation is 1. The monoisotopic (exact) mass is 376 g/mol. The molecule has 0 aliphatic heterocycles. The Bertz CT molecular complexity index is 1030. The van der Waals surface area contributed by atoms with E-state index in [0.717, 1.165) is 5.56 Å². The number of non-ortho nitro benzene ring substituents is 1. The van der Waals surface area contributed by atoms with E-state index >= 15 is 0 Å². The van der Waals surface area contributed by atoms with Gasteiger partial charge in [-0.15, -0.1) is 0 Å². The van der Waals surface area contributed by atoms with Gasteiger partial charge in [0, 0.05) is 35.1 Å². The maximum atomic E-state index is 12.4. The molecule has 0 unspecified atom stereocenters. The molecule has 0 radical (unpaired) electrons. The lowest BCUT2D eigenvalue weighted by molar-refractivity contribution is -0.384. The SMILES string of the molecule is Cc1ccc(C(=O)Nc2ccccn2)cc1NC(=O)c1ccc([N+](=O)[O-])cc1. The number of anilines is 2. The number of benzene rings is 2. The van der Waals surface area contributed by atoms with Gasteiger partial charge >= 0.3 is 0 Å². The van der Waals surface area contributed by atoms with Crippen LogP contribution in [0.5, 0.6) is 0 Å². The van der Waals surface area contributed by atoms with Gasteiger partial charge in [-0.05, 0) is 48.9 Å². The van der Waals surface area contributed by atoms with Gasteiger partial charge in [0.05, 0.1) is 4.92 Å². The highest BCUT2D eigenvalue weighted by molar-refractivity contribution is 6.07. The van der Waals surface area contributed by atoms with Crippen LogP contribution in [0.2, 0.25) is 0 Å². The van der Waals surface area contributed by atoms with E-state index in [1.165, 1.54) is 24.3 Å². The Morgan fingerprint density at radius 2 is 1.61 bits per heavy atom. The van der Waals surface area contributed by atoms with Gasteiger partial charge in [-0.25, -0.2) is 4.98 Å². The highest BCUT2D eigenvalue weighted by atomic mass is 16.6. The van der Waals surface area contributed by atoms with Gasteiger partial charge in [-0.1, -0.05) is 12.1 Å². The number of aromatic nitrogens is 1. The molecule has 0 aliphatic rings. The topological polar surface area (TPSA) is 114 Å². The third kappa shape index (κ3) is 4.36. The molecular formula is C20H16N4O4. The number of nitrogens with zero attached hydrogens (tertiary/aromatic N) is 2. The summed E-state index contributed by atoms with van der Waals surface area (Å²) in [5.74, 6) is -0.366. The fraction of sp³-hybridized carbons (Fsp3) is 0.0500. The minimum Gasteiger partial charge on any atom is -0.322 e. The minimum absolute atomic E-state index is 0.0964. The van der Waals surface area contributed by atoms with Crippen LogP contribution in [0.15, 0.2) is 66.9 Å². The number of nitro benzene ring substituents is 1. The normalized spacial score (nSPS) is 10.2. The average Bonchev–Trinajstić information content (AvgIpc) is 2.70. The van der Waals surface area contributed by atoms with Crippen LogP contribution in [-0.4, -0.2) is 21.7 Å². The van der Waals surface area contributed by atoms with Crippen molar-refractivity contribution in [3.05, 3.63) is 93.7 Å². The number of carbonyl (C=O) groups excluding carboxylic acids is 2. The number of amides is 2. The van der Waals surface area contributed by atoms with Crippen LogP contribution in [0.1, 0.15) is 26.3 Å². The zero-order valence-electron chi connectivity index (χ0n) is 14.9. The van der Waals surface area contributed by atoms with Crippen molar-refractivity contribution in [2.45, 2.75) is 6.92 Å². The predicted octanol–water partition coefficient (Wildman–Crippen LogP) is 3.80. The van der Waals surface area contributed by atoms with Crippen molar-refractivity contribution < 1.29 is 14.5 Å². The van der Waals surface area contributed by atoms with Crippen molar-refractivity contribution in [3.8, 4) is 0 Å². The summed E-state index contributed by atoms with van der Waals surface area (Å²) in [4.78, 5) is 39.1. The zero-order valence-corrected chi connectivity index (χ0v) is 14.9. The van der Waals surface area contributed by atoms with Crippen molar-refractivity contribution in [2.24, 2.45) is 0 Å². The standard InChI is InChI=1S/C20H16N4O4/c1-13-5-6-15(20(26)23-18-4-2-3-11-21-18)12-17(13)22-19(25)14-7-9-16(10-8-14)24(27)28/h2-12H,1H3,(H,22,25)(H,21,23,26). The van der Waals surface area contributed by atoms with Crippen molar-refractivity contribution in [3.63, 3.8) is 0 Å². The lowest BCUT2D eigenvalue weighted by atomic mass is 10.1. The van der Waals surface area contributed by atoms with E-state index < -0.39 is 10.8 Å². The lowest BCUT2D eigenvalue weighted by Gasteiger charge is -2.11. The number of pyridine rings is 1. The lowest BCUT2D eigenvalue weighted by Crippen LogP contribution is -2.16. The first-order chi connectivity index (χ1) is 13.4. The molecule has 0 atom stereocenters. The quantitative estimate of drug-likeness (QED) is 0.519. The third-order valence-corrected chi connectivity index (χ3v) is 3.99. The second-order valence-electron chi connectivity index (χ2n) is 5.96. The molecule has 0 saturated heterocycles. The summed E-state index contributed by atoms with van der Waals surface area (Å²) in [7, 11) is 0. The molecule has 0 aliphatic carbocycles. The number of hydrogen-bond donors (Lipinski definition) is 2. The molecule has 3 rings (SSSR count). The largest absolute Gasteiger partial charge is 0.322 e. The molecule has 1 heterocycles. The number of nitro groups is 1. The molecule has 1 aromatic heterocycles. The Hall–Kier alpha value is -4.07. The van der Waals surface area contributed by atoms with Crippen LogP contribution >= 0.6 is 0 Å². The molecule has 0 spiro atoms. The molecule has 2 amide bonds. The van der Waals surface area contributed by atoms with E-state index in [0.29, 0.717) is 17.1 Å². The number of hydrogen-bond acceptors (Lipinski definition) is 5. The zero-order chi connectivity index (χ0) is 20.1. The van der Waals surface area contributed by atoms with Gasteiger partial charge in [0.1, 0.15) is 5.82 Å². The Morgan fingerprint density at radius 3 is 2.25 bits per heavy atom. The van der Waals surface area contributed by atoms with Crippen LogP contribution in [0.25, 0.3) is 0 Å². The Labute approximate surface area is 160 Å². The Balaban J connectivity index is 1.76. The van der Waals surface area contributed by atoms with E-state index in [1.54, 1.807) is 49.5 Å². The Kier molecular flexibility index (Phi) is 5.40. The first-order valence-corrected chi connectivity index (χ1v) is 8.33. The molecule has 28 heavy (non-hydrogen) atoms. The van der Waals surface area contributed by atoms with Crippen molar-refractivity contribution >= 4 is 29.0 Å². The summed E-state index contributed by atoms with van der Waals surface area (Å²) in [6, 6.07) is 15.4. The summed E-state index contributed by atoms with van der Waals surface area (Å²) in [5.41, 5.74) is 1.77. The summed E-state index contributed by atoms with van der Waals surface area (Å²) in [5, 5.41) is 16.1. The van der Waals surface area contributed by atoms with E-state index in [4.69, 9.17) is 0 Å². The first kappa shape index (κ1) is 18.7. The van der Waals surface area contributed by atoms with Gasteiger partial charge in [0.2, 0.25) is 0 Å². The molecule has 2 aromatic carbocycles. The molecule has 8 nitrogen and oxygen atoms in total. The van der Waals surface area contributed by atoms with Gasteiger partial charge in [-0.2, -0.15) is 0 Å². The van der Waals surface area contributed by atoms with Crippen LogP contribution in [0.3, 0.4) is 0 Å². The summed E-state index contributed by atoms with van der Waals surface area (Å²) < 4.78 is 0. The fourth-order valence-corrected chi connectivity index (χ4v) is 2.45. The Morgan fingerprint density at radius 1 is 0.929 bits per heavy atom. The van der Waals surface area contributed by atoms with E-state index in [1.807, 2.05) is 0 Å². The van der Waals surface area contributed by atoms with Crippen molar-refractivity contribution in [2.75, 3.05) is 10.6 Å². The predicted molar refractivity (Wildman–Crippen MR) is 104 cm³/mol. The van der Waals surface area contributed by atoms with Crippen LogP contribution < -0.4 is 10.6 Å². The third-order valence-electron chi connectivity index (χ3n) is 3.99. The minimum atomic E-state index is -0.532. The summed E-state index contributed by atoms with van der Waals surface area (Å²) in [6.45, 7) is 1.80. The summed E-state index contributed by atoms with van der Waals surface area (Å²) in [6.07, 6.45) is 1.57. The second-order valence-corrected chi connectivity index (χ2v) is 5.96. The number of nitrogens with one attached hydrogen (secondary N) is 2. The molecule has 0 fully saturated rings. The van der Waals surface area contributed by atoms with E-state index in [9.17, 15) is 19.7 Å². The molecule has 0 bridgehead atoms. The highest BCUT2D eigenvalue weighted by Crippen LogP contribution is 2.20. The van der Waals surface area contributed by atoms with E-state index in [2.05, 4.69) is 15.6 Å². The maximum absolute atomic E-state index is 12.4. The molecular weight excluding hydrogens is 360 g/mol.